The number of anilines is 2. The molecule has 1 aromatic heterocycles. The molecule has 5 rings (SSSR count). The Hall–Kier alpha value is -2.95. The Labute approximate surface area is 172 Å². The van der Waals surface area contributed by atoms with E-state index in [0.29, 0.717) is 30.2 Å². The molecule has 0 bridgehead atoms. The van der Waals surface area contributed by atoms with Crippen molar-refractivity contribution in [1.82, 2.24) is 4.98 Å². The summed E-state index contributed by atoms with van der Waals surface area (Å²) in [6.07, 6.45) is 2.68. The van der Waals surface area contributed by atoms with Gasteiger partial charge in [0.15, 0.2) is 0 Å². The van der Waals surface area contributed by atoms with E-state index in [1.807, 2.05) is 31.2 Å². The summed E-state index contributed by atoms with van der Waals surface area (Å²) in [5.74, 6) is 0. The molecule has 0 spiro atoms. The van der Waals surface area contributed by atoms with Gasteiger partial charge in [-0.3, -0.25) is 4.79 Å². The van der Waals surface area contributed by atoms with E-state index >= 15 is 0 Å². The van der Waals surface area contributed by atoms with Crippen LogP contribution in [-0.2, 0) is 11.2 Å². The van der Waals surface area contributed by atoms with E-state index < -0.39 is 0 Å². The summed E-state index contributed by atoms with van der Waals surface area (Å²) >= 11 is 1.63. The normalized spacial score (nSPS) is 15.8. The third kappa shape index (κ3) is 3.15. The summed E-state index contributed by atoms with van der Waals surface area (Å²) in [4.78, 5) is 16.1. The molecule has 0 radical (unpaired) electrons. The van der Waals surface area contributed by atoms with Gasteiger partial charge in [0.25, 0.3) is 5.56 Å². The van der Waals surface area contributed by atoms with Crippen molar-refractivity contribution in [2.24, 2.45) is 0 Å². The Morgan fingerprint density at radius 1 is 1.34 bits per heavy atom. The highest BCUT2D eigenvalue weighted by atomic mass is 32.2. The average Bonchev–Trinajstić information content (AvgIpc) is 3.10. The van der Waals surface area contributed by atoms with Gasteiger partial charge in [-0.15, -0.1) is 0 Å². The summed E-state index contributed by atoms with van der Waals surface area (Å²) in [5.41, 5.74) is 4.94. The van der Waals surface area contributed by atoms with Crippen molar-refractivity contribution in [3.05, 3.63) is 63.6 Å². The van der Waals surface area contributed by atoms with Crippen molar-refractivity contribution in [3.63, 3.8) is 0 Å². The fourth-order valence-corrected chi connectivity index (χ4v) is 5.13. The zero-order chi connectivity index (χ0) is 20.0. The second kappa shape index (κ2) is 7.14. The van der Waals surface area contributed by atoms with Crippen LogP contribution in [0.1, 0.15) is 16.7 Å². The number of aromatic amines is 1. The van der Waals surface area contributed by atoms with Gasteiger partial charge in [-0.1, -0.05) is 6.07 Å². The molecule has 0 atom stereocenters. The highest BCUT2D eigenvalue weighted by Gasteiger charge is 2.27. The largest absolute Gasteiger partial charge is 0.377 e. The Kier molecular flexibility index (Phi) is 4.46. The fourth-order valence-electron chi connectivity index (χ4n) is 3.95. The Balaban J connectivity index is 1.54. The molecular weight excluding hydrogens is 384 g/mol. The predicted octanol–water partition coefficient (Wildman–Crippen LogP) is 3.59. The van der Waals surface area contributed by atoms with E-state index in [1.54, 1.807) is 18.1 Å². The number of rotatable bonds is 4. The van der Waals surface area contributed by atoms with Crippen LogP contribution in [0.2, 0.25) is 0 Å². The van der Waals surface area contributed by atoms with Gasteiger partial charge in [0.2, 0.25) is 0 Å². The average molecular weight is 404 g/mol. The first-order valence-corrected chi connectivity index (χ1v) is 10.4. The molecule has 1 fully saturated rings. The number of ether oxygens (including phenoxy) is 1. The zero-order valence-electron chi connectivity index (χ0n) is 16.0. The lowest BCUT2D eigenvalue weighted by molar-refractivity contribution is 0.0211. The second-order valence-electron chi connectivity index (χ2n) is 7.43. The molecule has 2 aliphatic rings. The molecule has 2 N–H and O–H groups in total. The summed E-state index contributed by atoms with van der Waals surface area (Å²) < 4.78 is 7.50. The Morgan fingerprint density at radius 2 is 2.21 bits per heavy atom. The number of nitriles is 1. The number of fused-ring (bicyclic) bond motifs is 2. The minimum Gasteiger partial charge on any atom is -0.377 e. The lowest BCUT2D eigenvalue weighted by Gasteiger charge is -2.29. The minimum atomic E-state index is -0.0733. The van der Waals surface area contributed by atoms with Crippen molar-refractivity contribution in [3.8, 4) is 6.07 Å². The molecule has 3 aromatic rings. The van der Waals surface area contributed by atoms with E-state index in [4.69, 9.17) is 4.74 Å². The summed E-state index contributed by atoms with van der Waals surface area (Å²) in [6.45, 7) is 4.27. The van der Waals surface area contributed by atoms with E-state index in [-0.39, 0.29) is 5.56 Å². The molecule has 2 aliphatic heterocycles. The Morgan fingerprint density at radius 3 is 2.97 bits per heavy atom. The molecule has 0 aliphatic carbocycles. The van der Waals surface area contributed by atoms with Gasteiger partial charge >= 0.3 is 0 Å². The van der Waals surface area contributed by atoms with Crippen molar-refractivity contribution < 1.29 is 4.74 Å². The number of hydrogen-bond donors (Lipinski definition) is 2. The van der Waals surface area contributed by atoms with Gasteiger partial charge in [-0.2, -0.15) is 5.26 Å². The quantitative estimate of drug-likeness (QED) is 0.647. The highest BCUT2D eigenvalue weighted by Crippen LogP contribution is 2.42. The van der Waals surface area contributed by atoms with Crippen molar-refractivity contribution in [1.29, 1.82) is 5.26 Å². The molecule has 0 amide bonds. The molecule has 1 saturated heterocycles. The molecule has 7 heteroatoms. The maximum atomic E-state index is 12.3. The number of benzene rings is 2. The number of H-pyrrole nitrogens is 1. The van der Waals surface area contributed by atoms with Crippen LogP contribution >= 0.6 is 11.9 Å². The van der Waals surface area contributed by atoms with Crippen molar-refractivity contribution in [2.75, 3.05) is 29.4 Å². The first-order chi connectivity index (χ1) is 14.1. The minimum absolute atomic E-state index is 0.0733. The van der Waals surface area contributed by atoms with Gasteiger partial charge in [-0.25, -0.2) is 0 Å². The number of aromatic nitrogens is 1. The molecule has 2 aromatic carbocycles. The smallest absolute Gasteiger partial charge is 0.255 e. The van der Waals surface area contributed by atoms with Crippen LogP contribution in [0.15, 0.2) is 46.2 Å². The maximum absolute atomic E-state index is 12.3. The van der Waals surface area contributed by atoms with Crippen molar-refractivity contribution >= 4 is 34.1 Å². The van der Waals surface area contributed by atoms with Crippen LogP contribution in [0.25, 0.3) is 10.8 Å². The number of hydrogen-bond acceptors (Lipinski definition) is 6. The second-order valence-corrected chi connectivity index (χ2v) is 8.50. The molecular formula is C22H20N4O2S. The van der Waals surface area contributed by atoms with E-state index in [0.717, 1.165) is 40.2 Å². The monoisotopic (exact) mass is 404 g/mol. The molecule has 6 nitrogen and oxygen atoms in total. The summed E-state index contributed by atoms with van der Waals surface area (Å²) in [6, 6.07) is 12.3. The van der Waals surface area contributed by atoms with Crippen LogP contribution in [0, 0.1) is 18.3 Å². The number of pyridine rings is 1. The SMILES string of the molecule is Cc1c[nH]c(=O)c2cccc(SN3CCc4c(NC5COC5)cc(C#N)cc43)c12. The summed E-state index contributed by atoms with van der Waals surface area (Å²) in [7, 11) is 0. The van der Waals surface area contributed by atoms with Crippen LogP contribution in [0.3, 0.4) is 0 Å². The number of nitrogens with zero attached hydrogens (tertiary/aromatic N) is 2. The van der Waals surface area contributed by atoms with E-state index in [2.05, 4.69) is 26.7 Å². The number of nitrogens with one attached hydrogen (secondary N) is 2. The Bertz CT molecular complexity index is 1210. The van der Waals surface area contributed by atoms with Gasteiger partial charge in [0, 0.05) is 39.7 Å². The molecule has 0 unspecified atom stereocenters. The van der Waals surface area contributed by atoms with Crippen LogP contribution in [0.5, 0.6) is 0 Å². The van der Waals surface area contributed by atoms with Crippen LogP contribution in [-0.4, -0.2) is 30.8 Å². The lowest BCUT2D eigenvalue weighted by Crippen LogP contribution is -2.40. The van der Waals surface area contributed by atoms with Crippen molar-refractivity contribution in [2.45, 2.75) is 24.3 Å². The first kappa shape index (κ1) is 18.1. The molecule has 29 heavy (non-hydrogen) atoms. The first-order valence-electron chi connectivity index (χ1n) is 9.62. The maximum Gasteiger partial charge on any atom is 0.255 e. The fraction of sp³-hybridized carbons (Fsp3) is 0.273. The molecule has 3 heterocycles. The van der Waals surface area contributed by atoms with Gasteiger partial charge < -0.3 is 19.3 Å². The predicted molar refractivity (Wildman–Crippen MR) is 116 cm³/mol. The van der Waals surface area contributed by atoms with Crippen LogP contribution < -0.4 is 15.2 Å². The standard InChI is InChI=1S/C22H20N4O2S/c1-13-10-24-22(27)17-3-2-4-20(21(13)17)29-26-6-5-16-18(25-15-11-28-12-15)7-14(9-23)8-19(16)26/h2-4,7-8,10,15,25H,5-6,11-12H2,1H3,(H,24,27). The number of aryl methyl sites for hydroxylation is 1. The third-order valence-electron chi connectivity index (χ3n) is 5.48. The van der Waals surface area contributed by atoms with Gasteiger partial charge in [0.1, 0.15) is 0 Å². The summed E-state index contributed by atoms with van der Waals surface area (Å²) in [5, 5.41) is 14.7. The van der Waals surface area contributed by atoms with Gasteiger partial charge in [0.05, 0.1) is 36.6 Å². The van der Waals surface area contributed by atoms with E-state index in [9.17, 15) is 10.1 Å². The topological polar surface area (TPSA) is 81.2 Å². The molecule has 0 saturated carbocycles. The highest BCUT2D eigenvalue weighted by molar-refractivity contribution is 8.00. The third-order valence-corrected chi connectivity index (χ3v) is 6.62. The zero-order valence-corrected chi connectivity index (χ0v) is 16.8. The molecule has 146 valence electrons. The van der Waals surface area contributed by atoms with E-state index in [1.165, 1.54) is 5.56 Å². The van der Waals surface area contributed by atoms with Gasteiger partial charge in [-0.05, 0) is 55.1 Å². The van der Waals surface area contributed by atoms with Crippen LogP contribution in [0.4, 0.5) is 11.4 Å². The lowest BCUT2D eigenvalue weighted by atomic mass is 10.1.